The Morgan fingerprint density at radius 2 is 2.33 bits per heavy atom. The second-order valence-electron chi connectivity index (χ2n) is 5.75. The van der Waals surface area contributed by atoms with Crippen LogP contribution in [-0.2, 0) is 7.05 Å². The quantitative estimate of drug-likeness (QED) is 0.774. The van der Waals surface area contributed by atoms with E-state index in [4.69, 9.17) is 0 Å². The fraction of sp³-hybridized carbons (Fsp3) is 0.467. The number of nitrogens with one attached hydrogen (secondary N) is 3. The maximum atomic E-state index is 12.0. The molecule has 2 heterocycles. The van der Waals surface area contributed by atoms with Crippen molar-refractivity contribution in [1.82, 2.24) is 30.8 Å². The number of amides is 2. The number of halogens is 1. The summed E-state index contributed by atoms with van der Waals surface area (Å²) in [5.74, 6) is 1.16. The van der Waals surface area contributed by atoms with E-state index in [1.165, 1.54) is 6.42 Å². The largest absolute Gasteiger partial charge is 0.338 e. The molecule has 2 amide bonds. The van der Waals surface area contributed by atoms with Gasteiger partial charge >= 0.3 is 6.03 Å². The van der Waals surface area contributed by atoms with Crippen molar-refractivity contribution >= 4 is 24.1 Å². The first-order valence-corrected chi connectivity index (χ1v) is 7.81. The molecule has 1 aromatic carbocycles. The van der Waals surface area contributed by atoms with Crippen LogP contribution in [0.15, 0.2) is 24.3 Å². The molecular formula is C15H22ClN7O. The molecule has 1 aliphatic heterocycles. The van der Waals surface area contributed by atoms with Crippen LogP contribution in [0.25, 0.3) is 11.4 Å². The van der Waals surface area contributed by atoms with Gasteiger partial charge in [0, 0.05) is 24.8 Å². The molecule has 1 saturated heterocycles. The first kappa shape index (κ1) is 18.2. The molecule has 1 unspecified atom stereocenters. The van der Waals surface area contributed by atoms with E-state index in [1.807, 2.05) is 24.3 Å². The molecule has 0 spiro atoms. The summed E-state index contributed by atoms with van der Waals surface area (Å²) in [7, 11) is 1.78. The number of benzene rings is 1. The van der Waals surface area contributed by atoms with Crippen LogP contribution in [-0.4, -0.2) is 45.9 Å². The molecule has 0 bridgehead atoms. The predicted molar refractivity (Wildman–Crippen MR) is 94.1 cm³/mol. The smallest absolute Gasteiger partial charge is 0.319 e. The Bertz CT molecular complexity index is 669. The summed E-state index contributed by atoms with van der Waals surface area (Å²) in [5.41, 5.74) is 1.57. The zero-order chi connectivity index (χ0) is 16.1. The second kappa shape index (κ2) is 8.60. The fourth-order valence-electron chi connectivity index (χ4n) is 2.72. The number of rotatable bonds is 4. The Morgan fingerprint density at radius 1 is 1.46 bits per heavy atom. The average Bonchev–Trinajstić information content (AvgIpc) is 3.00. The number of carbonyl (C=O) groups excluding carboxylic acids is 1. The zero-order valence-electron chi connectivity index (χ0n) is 13.5. The highest BCUT2D eigenvalue weighted by molar-refractivity contribution is 5.89. The van der Waals surface area contributed by atoms with Crippen LogP contribution in [0.1, 0.15) is 12.8 Å². The van der Waals surface area contributed by atoms with Crippen LogP contribution in [0.5, 0.6) is 0 Å². The van der Waals surface area contributed by atoms with Crippen LogP contribution in [0.2, 0.25) is 0 Å². The number of nitrogens with zero attached hydrogens (tertiary/aromatic N) is 4. The van der Waals surface area contributed by atoms with Gasteiger partial charge in [-0.15, -0.1) is 17.5 Å². The number of urea groups is 1. The van der Waals surface area contributed by atoms with Crippen molar-refractivity contribution in [2.45, 2.75) is 12.8 Å². The fourth-order valence-corrected chi connectivity index (χ4v) is 2.72. The van der Waals surface area contributed by atoms with Crippen LogP contribution in [0, 0.1) is 5.92 Å². The van der Waals surface area contributed by atoms with Gasteiger partial charge in [-0.1, -0.05) is 12.1 Å². The van der Waals surface area contributed by atoms with Gasteiger partial charge in [-0.2, -0.15) is 0 Å². The Labute approximate surface area is 146 Å². The van der Waals surface area contributed by atoms with Gasteiger partial charge in [0.1, 0.15) is 0 Å². The van der Waals surface area contributed by atoms with Gasteiger partial charge in [0.25, 0.3) is 0 Å². The highest BCUT2D eigenvalue weighted by atomic mass is 35.5. The highest BCUT2D eigenvalue weighted by Gasteiger charge is 2.14. The predicted octanol–water partition coefficient (Wildman–Crippen LogP) is 1.42. The van der Waals surface area contributed by atoms with Crippen molar-refractivity contribution in [3.8, 4) is 11.4 Å². The summed E-state index contributed by atoms with van der Waals surface area (Å²) >= 11 is 0. The summed E-state index contributed by atoms with van der Waals surface area (Å²) in [4.78, 5) is 12.0. The molecule has 130 valence electrons. The van der Waals surface area contributed by atoms with Gasteiger partial charge in [-0.05, 0) is 54.4 Å². The molecule has 9 heteroatoms. The van der Waals surface area contributed by atoms with Crippen LogP contribution >= 0.6 is 12.4 Å². The van der Waals surface area contributed by atoms with Crippen molar-refractivity contribution in [3.05, 3.63) is 24.3 Å². The Morgan fingerprint density at radius 3 is 3.04 bits per heavy atom. The lowest BCUT2D eigenvalue weighted by Gasteiger charge is -2.22. The number of tetrazole rings is 1. The van der Waals surface area contributed by atoms with E-state index in [-0.39, 0.29) is 18.4 Å². The van der Waals surface area contributed by atoms with E-state index in [2.05, 4.69) is 31.5 Å². The van der Waals surface area contributed by atoms with E-state index < -0.39 is 0 Å². The standard InChI is InChI=1S/C15H21N7O.ClH/c1-22-14(19-20-21-22)12-5-2-6-13(8-12)18-15(23)17-10-11-4-3-7-16-9-11;/h2,5-6,8,11,16H,3-4,7,9-10H2,1H3,(H2,17,18,23);1H. The van der Waals surface area contributed by atoms with Crippen molar-refractivity contribution in [1.29, 1.82) is 0 Å². The minimum atomic E-state index is -0.191. The molecule has 24 heavy (non-hydrogen) atoms. The third-order valence-electron chi connectivity index (χ3n) is 3.95. The number of aryl methyl sites for hydroxylation is 1. The minimum Gasteiger partial charge on any atom is -0.338 e. The maximum absolute atomic E-state index is 12.0. The Hall–Kier alpha value is -2.19. The summed E-state index contributed by atoms with van der Waals surface area (Å²) in [5, 5.41) is 20.5. The third-order valence-corrected chi connectivity index (χ3v) is 3.95. The lowest BCUT2D eigenvalue weighted by molar-refractivity contribution is 0.248. The molecule has 1 fully saturated rings. The second-order valence-corrected chi connectivity index (χ2v) is 5.75. The summed E-state index contributed by atoms with van der Waals surface area (Å²) in [6.45, 7) is 2.73. The first-order chi connectivity index (χ1) is 11.2. The monoisotopic (exact) mass is 351 g/mol. The summed E-state index contributed by atoms with van der Waals surface area (Å²) in [6.07, 6.45) is 2.32. The van der Waals surface area contributed by atoms with E-state index >= 15 is 0 Å². The number of carbonyl (C=O) groups is 1. The van der Waals surface area contributed by atoms with Gasteiger partial charge < -0.3 is 16.0 Å². The molecular weight excluding hydrogens is 330 g/mol. The molecule has 0 aliphatic carbocycles. The molecule has 1 atom stereocenters. The van der Waals surface area contributed by atoms with Gasteiger partial charge in [-0.3, -0.25) is 0 Å². The molecule has 1 aromatic heterocycles. The van der Waals surface area contributed by atoms with Crippen molar-refractivity contribution < 1.29 is 4.79 Å². The van der Waals surface area contributed by atoms with Gasteiger partial charge in [0.2, 0.25) is 0 Å². The molecule has 0 radical (unpaired) electrons. The van der Waals surface area contributed by atoms with Crippen LogP contribution < -0.4 is 16.0 Å². The Kier molecular flexibility index (Phi) is 6.51. The van der Waals surface area contributed by atoms with E-state index in [9.17, 15) is 4.79 Å². The molecule has 2 aromatic rings. The van der Waals surface area contributed by atoms with Crippen LogP contribution in [0.4, 0.5) is 10.5 Å². The van der Waals surface area contributed by atoms with E-state index in [0.717, 1.165) is 25.1 Å². The van der Waals surface area contributed by atoms with Gasteiger partial charge in [-0.25, -0.2) is 9.48 Å². The van der Waals surface area contributed by atoms with Crippen molar-refractivity contribution in [2.24, 2.45) is 13.0 Å². The van der Waals surface area contributed by atoms with E-state index in [0.29, 0.717) is 24.0 Å². The number of hydrogen-bond acceptors (Lipinski definition) is 5. The summed E-state index contributed by atoms with van der Waals surface area (Å²) in [6, 6.07) is 7.28. The first-order valence-electron chi connectivity index (χ1n) is 7.81. The molecule has 0 saturated carbocycles. The molecule has 3 rings (SSSR count). The Balaban J connectivity index is 0.00000208. The SMILES string of the molecule is Cl.Cn1nnnc1-c1cccc(NC(=O)NCC2CCCNC2)c1. The number of piperidine rings is 1. The number of hydrogen-bond donors (Lipinski definition) is 3. The lowest BCUT2D eigenvalue weighted by Crippen LogP contribution is -2.39. The van der Waals surface area contributed by atoms with Crippen LogP contribution in [0.3, 0.4) is 0 Å². The lowest BCUT2D eigenvalue weighted by atomic mass is 10.00. The van der Waals surface area contributed by atoms with Gasteiger partial charge in [0.15, 0.2) is 5.82 Å². The molecule has 3 N–H and O–H groups in total. The van der Waals surface area contributed by atoms with E-state index in [1.54, 1.807) is 11.7 Å². The number of aromatic nitrogens is 4. The minimum absolute atomic E-state index is 0. The molecule has 1 aliphatic rings. The zero-order valence-corrected chi connectivity index (χ0v) is 14.3. The van der Waals surface area contributed by atoms with Gasteiger partial charge in [0.05, 0.1) is 0 Å². The van der Waals surface area contributed by atoms with Crippen molar-refractivity contribution in [3.63, 3.8) is 0 Å². The topological polar surface area (TPSA) is 96.8 Å². The normalized spacial score (nSPS) is 17.0. The number of anilines is 1. The highest BCUT2D eigenvalue weighted by Crippen LogP contribution is 2.19. The molecule has 8 nitrogen and oxygen atoms in total. The average molecular weight is 352 g/mol. The third kappa shape index (κ3) is 4.65. The maximum Gasteiger partial charge on any atom is 0.319 e. The van der Waals surface area contributed by atoms with Crippen molar-refractivity contribution in [2.75, 3.05) is 25.0 Å². The summed E-state index contributed by atoms with van der Waals surface area (Å²) < 4.78 is 1.59.